The monoisotopic (exact) mass is 380 g/mol. The number of ether oxygens (including phenoxy) is 3. The van der Waals surface area contributed by atoms with E-state index in [9.17, 15) is 0 Å². The van der Waals surface area contributed by atoms with Crippen LogP contribution in [0.5, 0.6) is 11.5 Å². The fraction of sp³-hybridized carbons (Fsp3) is 0.429. The summed E-state index contributed by atoms with van der Waals surface area (Å²) in [6, 6.07) is 8.56. The Labute approximate surface area is 163 Å². The van der Waals surface area contributed by atoms with Crippen molar-refractivity contribution in [2.24, 2.45) is 0 Å². The fourth-order valence-electron chi connectivity index (χ4n) is 3.85. The molecule has 2 aliphatic rings. The van der Waals surface area contributed by atoms with Crippen molar-refractivity contribution in [3.63, 3.8) is 0 Å². The molecule has 4 heterocycles. The first-order valence-electron chi connectivity index (χ1n) is 9.82. The quantitative estimate of drug-likeness (QED) is 0.745. The molecule has 2 aliphatic heterocycles. The second-order valence-corrected chi connectivity index (χ2v) is 7.51. The first-order chi connectivity index (χ1) is 13.7. The molecular formula is C21H24N4O3. The smallest absolute Gasteiger partial charge is 0.170 e. The summed E-state index contributed by atoms with van der Waals surface area (Å²) in [5.74, 6) is 1.52. The van der Waals surface area contributed by atoms with Gasteiger partial charge in [0.15, 0.2) is 11.5 Å². The minimum Gasteiger partial charge on any atom is -0.486 e. The standard InChI is InChI=1S/C21H24N4O3/c1-13(2)25-20-17(23-14-6-7-26-12-14)10-16(24-18(20)11-22-25)15-4-3-5-19-21(15)28-9-8-27-19/h3-5,10-11,13-14H,6-9,12H2,1-2H3,(H,23,24). The van der Waals surface area contributed by atoms with E-state index < -0.39 is 0 Å². The van der Waals surface area contributed by atoms with Crippen LogP contribution in [-0.2, 0) is 4.74 Å². The third kappa shape index (κ3) is 2.96. The molecule has 0 aliphatic carbocycles. The second-order valence-electron chi connectivity index (χ2n) is 7.51. The van der Waals surface area contributed by atoms with Gasteiger partial charge in [-0.3, -0.25) is 4.68 Å². The third-order valence-electron chi connectivity index (χ3n) is 5.17. The average molecular weight is 380 g/mol. The number of benzene rings is 1. The number of nitrogens with zero attached hydrogens (tertiary/aromatic N) is 3. The Bertz CT molecular complexity index is 1010. The molecule has 1 fully saturated rings. The van der Waals surface area contributed by atoms with Gasteiger partial charge in [-0.05, 0) is 38.5 Å². The van der Waals surface area contributed by atoms with Crippen molar-refractivity contribution in [2.75, 3.05) is 31.7 Å². The molecule has 0 radical (unpaired) electrons. The number of aromatic nitrogens is 3. The Balaban J connectivity index is 1.66. The van der Waals surface area contributed by atoms with Gasteiger partial charge in [-0.15, -0.1) is 0 Å². The normalized spacial score (nSPS) is 18.8. The molecule has 1 atom stereocenters. The third-order valence-corrected chi connectivity index (χ3v) is 5.17. The van der Waals surface area contributed by atoms with Crippen molar-refractivity contribution in [1.29, 1.82) is 0 Å². The summed E-state index contributed by atoms with van der Waals surface area (Å²) < 4.78 is 19.2. The van der Waals surface area contributed by atoms with E-state index in [0.717, 1.165) is 52.5 Å². The maximum atomic E-state index is 5.91. The summed E-state index contributed by atoms with van der Waals surface area (Å²) in [6.07, 6.45) is 2.83. The average Bonchev–Trinajstić information content (AvgIpc) is 3.37. The summed E-state index contributed by atoms with van der Waals surface area (Å²) in [5.41, 5.74) is 4.69. The van der Waals surface area contributed by atoms with Gasteiger partial charge in [-0.1, -0.05) is 6.07 Å². The Morgan fingerprint density at radius 3 is 2.89 bits per heavy atom. The lowest BCUT2D eigenvalue weighted by Gasteiger charge is -2.21. The van der Waals surface area contributed by atoms with Gasteiger partial charge < -0.3 is 19.5 Å². The van der Waals surface area contributed by atoms with Crippen molar-refractivity contribution in [1.82, 2.24) is 14.8 Å². The molecule has 146 valence electrons. The van der Waals surface area contributed by atoms with E-state index in [2.05, 4.69) is 30.3 Å². The van der Waals surface area contributed by atoms with Crippen LogP contribution in [0.3, 0.4) is 0 Å². The molecule has 0 amide bonds. The van der Waals surface area contributed by atoms with Gasteiger partial charge in [-0.2, -0.15) is 5.10 Å². The molecule has 28 heavy (non-hydrogen) atoms. The number of nitrogens with one attached hydrogen (secondary N) is 1. The number of hydrogen-bond acceptors (Lipinski definition) is 6. The largest absolute Gasteiger partial charge is 0.486 e. The highest BCUT2D eigenvalue weighted by atomic mass is 16.6. The molecule has 5 rings (SSSR count). The molecule has 0 bridgehead atoms. The van der Waals surface area contributed by atoms with Crippen LogP contribution < -0.4 is 14.8 Å². The Kier molecular flexibility index (Phi) is 4.31. The highest BCUT2D eigenvalue weighted by molar-refractivity contribution is 5.92. The number of fused-ring (bicyclic) bond motifs is 2. The molecule has 1 saturated heterocycles. The van der Waals surface area contributed by atoms with Crippen molar-refractivity contribution < 1.29 is 14.2 Å². The number of rotatable bonds is 4. The predicted molar refractivity (Wildman–Crippen MR) is 107 cm³/mol. The summed E-state index contributed by atoms with van der Waals surface area (Å²) in [6.45, 7) is 6.87. The van der Waals surface area contributed by atoms with Crippen LogP contribution in [0.15, 0.2) is 30.5 Å². The summed E-state index contributed by atoms with van der Waals surface area (Å²) in [7, 11) is 0. The van der Waals surface area contributed by atoms with E-state index in [0.29, 0.717) is 25.9 Å². The molecular weight excluding hydrogens is 356 g/mol. The van der Waals surface area contributed by atoms with Gasteiger partial charge in [-0.25, -0.2) is 4.98 Å². The van der Waals surface area contributed by atoms with E-state index in [-0.39, 0.29) is 6.04 Å². The second kappa shape index (κ2) is 6.98. The number of hydrogen-bond donors (Lipinski definition) is 1. The maximum Gasteiger partial charge on any atom is 0.170 e. The summed E-state index contributed by atoms with van der Waals surface area (Å²) in [4.78, 5) is 4.90. The number of para-hydroxylation sites is 1. The fourth-order valence-corrected chi connectivity index (χ4v) is 3.85. The first-order valence-corrected chi connectivity index (χ1v) is 9.82. The topological polar surface area (TPSA) is 70.4 Å². The van der Waals surface area contributed by atoms with E-state index in [1.165, 1.54) is 0 Å². The molecule has 1 aromatic carbocycles. The maximum absolute atomic E-state index is 5.91. The minimum atomic E-state index is 0.242. The lowest BCUT2D eigenvalue weighted by Crippen LogP contribution is -2.20. The number of anilines is 1. The SMILES string of the molecule is CC(C)n1ncc2nc(-c3cccc4c3OCCO4)cc(NC3CCOC3)c21. The molecule has 0 spiro atoms. The summed E-state index contributed by atoms with van der Waals surface area (Å²) in [5, 5.41) is 8.24. The zero-order valence-electron chi connectivity index (χ0n) is 16.1. The van der Waals surface area contributed by atoms with Crippen LogP contribution in [0.2, 0.25) is 0 Å². The van der Waals surface area contributed by atoms with E-state index in [1.807, 2.05) is 29.1 Å². The van der Waals surface area contributed by atoms with Gasteiger partial charge in [0.2, 0.25) is 0 Å². The van der Waals surface area contributed by atoms with Gasteiger partial charge in [0.05, 0.1) is 30.2 Å². The van der Waals surface area contributed by atoms with E-state index in [1.54, 1.807) is 0 Å². The lowest BCUT2D eigenvalue weighted by molar-refractivity contribution is 0.172. The van der Waals surface area contributed by atoms with Crippen molar-refractivity contribution >= 4 is 16.7 Å². The van der Waals surface area contributed by atoms with Crippen LogP contribution in [0.4, 0.5) is 5.69 Å². The van der Waals surface area contributed by atoms with Crippen molar-refractivity contribution in [3.8, 4) is 22.8 Å². The zero-order chi connectivity index (χ0) is 19.1. The molecule has 1 N–H and O–H groups in total. The van der Waals surface area contributed by atoms with E-state index >= 15 is 0 Å². The highest BCUT2D eigenvalue weighted by Gasteiger charge is 2.23. The lowest BCUT2D eigenvalue weighted by atomic mass is 10.1. The van der Waals surface area contributed by atoms with Crippen LogP contribution in [-0.4, -0.2) is 47.2 Å². The van der Waals surface area contributed by atoms with Gasteiger partial charge in [0.1, 0.15) is 24.2 Å². The zero-order valence-corrected chi connectivity index (χ0v) is 16.1. The molecule has 1 unspecified atom stereocenters. The van der Waals surface area contributed by atoms with Gasteiger partial charge >= 0.3 is 0 Å². The summed E-state index contributed by atoms with van der Waals surface area (Å²) >= 11 is 0. The van der Waals surface area contributed by atoms with Gasteiger partial charge in [0.25, 0.3) is 0 Å². The van der Waals surface area contributed by atoms with Gasteiger partial charge in [0, 0.05) is 18.2 Å². The molecule has 0 saturated carbocycles. The molecule has 3 aromatic rings. The van der Waals surface area contributed by atoms with E-state index in [4.69, 9.17) is 19.2 Å². The Hall–Kier alpha value is -2.80. The molecule has 7 nitrogen and oxygen atoms in total. The Morgan fingerprint density at radius 2 is 2.07 bits per heavy atom. The minimum absolute atomic E-state index is 0.242. The highest BCUT2D eigenvalue weighted by Crippen LogP contribution is 2.41. The molecule has 2 aromatic heterocycles. The van der Waals surface area contributed by atoms with Crippen molar-refractivity contribution in [3.05, 3.63) is 30.5 Å². The van der Waals surface area contributed by atoms with Crippen LogP contribution in [0.1, 0.15) is 26.3 Å². The van der Waals surface area contributed by atoms with Crippen molar-refractivity contribution in [2.45, 2.75) is 32.4 Å². The van der Waals surface area contributed by atoms with Crippen LogP contribution in [0, 0.1) is 0 Å². The Morgan fingerprint density at radius 1 is 1.18 bits per heavy atom. The van der Waals surface area contributed by atoms with Crippen LogP contribution in [0.25, 0.3) is 22.3 Å². The van der Waals surface area contributed by atoms with Crippen LogP contribution >= 0.6 is 0 Å². The first kappa shape index (κ1) is 17.3. The molecule has 7 heteroatoms. The number of pyridine rings is 1. The predicted octanol–water partition coefficient (Wildman–Crippen LogP) is 3.65.